The van der Waals surface area contributed by atoms with Gasteiger partial charge in [-0.2, -0.15) is 0 Å². The summed E-state index contributed by atoms with van der Waals surface area (Å²) >= 11 is 0. The molecule has 20 heavy (non-hydrogen) atoms. The molecule has 5 nitrogen and oxygen atoms in total. The average Bonchev–Trinajstić information content (AvgIpc) is 2.39. The van der Waals surface area contributed by atoms with Gasteiger partial charge in [-0.15, -0.1) is 0 Å². The Labute approximate surface area is 122 Å². The van der Waals surface area contributed by atoms with Crippen molar-refractivity contribution in [1.82, 2.24) is 4.72 Å². The molecule has 0 aliphatic heterocycles. The summed E-state index contributed by atoms with van der Waals surface area (Å²) < 4.78 is 31.2. The average molecular weight is 300 g/mol. The zero-order valence-electron chi connectivity index (χ0n) is 12.6. The lowest BCUT2D eigenvalue weighted by Crippen LogP contribution is -2.36. The number of hydrogen-bond donors (Lipinski definition) is 1. The zero-order chi connectivity index (χ0) is 15.2. The molecule has 0 bridgehead atoms. The molecule has 114 valence electrons. The van der Waals surface area contributed by atoms with Crippen molar-refractivity contribution in [1.29, 1.82) is 0 Å². The van der Waals surface area contributed by atoms with Crippen molar-refractivity contribution < 1.29 is 13.2 Å². The molecule has 1 rings (SSSR count). The van der Waals surface area contributed by atoms with Crippen LogP contribution < -0.4 is 9.62 Å². The molecule has 0 aliphatic rings. The van der Waals surface area contributed by atoms with Gasteiger partial charge in [0.2, 0.25) is 10.0 Å². The highest BCUT2D eigenvalue weighted by atomic mass is 32.2. The number of ether oxygens (including phenoxy) is 1. The lowest BCUT2D eigenvalue weighted by atomic mass is 10.1. The van der Waals surface area contributed by atoms with E-state index < -0.39 is 15.3 Å². The number of nitrogens with one attached hydrogen (secondary N) is 1. The Bertz CT molecular complexity index is 498. The van der Waals surface area contributed by atoms with Crippen LogP contribution in [0.2, 0.25) is 0 Å². The summed E-state index contributed by atoms with van der Waals surface area (Å²) in [6.07, 6.45) is 0.673. The van der Waals surface area contributed by atoms with Crippen molar-refractivity contribution in [3.8, 4) is 0 Å². The Hall–Kier alpha value is -1.11. The van der Waals surface area contributed by atoms with Crippen LogP contribution in [0.3, 0.4) is 0 Å². The van der Waals surface area contributed by atoms with Gasteiger partial charge in [0.25, 0.3) is 0 Å². The molecule has 1 atom stereocenters. The minimum absolute atomic E-state index is 0.201. The molecule has 6 heteroatoms. The van der Waals surface area contributed by atoms with Gasteiger partial charge in [0, 0.05) is 33.4 Å². The summed E-state index contributed by atoms with van der Waals surface area (Å²) in [6.45, 7) is 2.24. The van der Waals surface area contributed by atoms with E-state index >= 15 is 0 Å². The summed E-state index contributed by atoms with van der Waals surface area (Å²) in [6, 6.07) is 8.08. The third-order valence-electron chi connectivity index (χ3n) is 3.10. The second kappa shape index (κ2) is 7.61. The van der Waals surface area contributed by atoms with Crippen LogP contribution in [0.1, 0.15) is 12.5 Å². The normalized spacial score (nSPS) is 13.2. The van der Waals surface area contributed by atoms with Crippen LogP contribution in [0.25, 0.3) is 0 Å². The Morgan fingerprint density at radius 3 is 2.35 bits per heavy atom. The summed E-state index contributed by atoms with van der Waals surface area (Å²) in [7, 11) is 2.17. The van der Waals surface area contributed by atoms with Gasteiger partial charge in [0.05, 0.1) is 11.9 Å². The SMILES string of the molecule is COCC(C)S(=O)(=O)NCCc1ccc(N(C)C)cc1. The molecule has 0 radical (unpaired) electrons. The molecule has 0 aliphatic carbocycles. The second-order valence-electron chi connectivity index (χ2n) is 5.02. The Morgan fingerprint density at radius 2 is 1.85 bits per heavy atom. The van der Waals surface area contributed by atoms with E-state index in [4.69, 9.17) is 4.74 Å². The summed E-state index contributed by atoms with van der Waals surface area (Å²) in [5.74, 6) is 0. The zero-order valence-corrected chi connectivity index (χ0v) is 13.4. The van der Waals surface area contributed by atoms with Crippen LogP contribution in [0.15, 0.2) is 24.3 Å². The predicted molar refractivity (Wildman–Crippen MR) is 82.7 cm³/mol. The van der Waals surface area contributed by atoms with Gasteiger partial charge in [-0.1, -0.05) is 12.1 Å². The minimum Gasteiger partial charge on any atom is -0.383 e. The number of benzene rings is 1. The van der Waals surface area contributed by atoms with Gasteiger partial charge in [-0.3, -0.25) is 0 Å². The molecular formula is C14H24N2O3S. The number of hydrogen-bond acceptors (Lipinski definition) is 4. The largest absolute Gasteiger partial charge is 0.383 e. The van der Waals surface area contributed by atoms with E-state index in [1.165, 1.54) is 7.11 Å². The van der Waals surface area contributed by atoms with E-state index in [2.05, 4.69) is 4.72 Å². The third kappa shape index (κ3) is 5.11. The number of sulfonamides is 1. The van der Waals surface area contributed by atoms with Gasteiger partial charge in [0.15, 0.2) is 0 Å². The first-order valence-corrected chi connectivity index (χ1v) is 8.15. The van der Waals surface area contributed by atoms with Gasteiger partial charge in [0.1, 0.15) is 0 Å². The molecule has 1 aromatic rings. The van der Waals surface area contributed by atoms with Crippen molar-refractivity contribution in [3.05, 3.63) is 29.8 Å². The molecule has 0 aromatic heterocycles. The number of rotatable bonds is 8. The number of anilines is 1. The molecule has 0 spiro atoms. The van der Waals surface area contributed by atoms with E-state index in [1.54, 1.807) is 6.92 Å². The van der Waals surface area contributed by atoms with E-state index in [1.807, 2.05) is 43.3 Å². The molecule has 0 fully saturated rings. The minimum atomic E-state index is -3.30. The third-order valence-corrected chi connectivity index (χ3v) is 4.90. The van der Waals surface area contributed by atoms with Crippen LogP contribution >= 0.6 is 0 Å². The number of methoxy groups -OCH3 is 1. The van der Waals surface area contributed by atoms with Crippen molar-refractivity contribution in [2.24, 2.45) is 0 Å². The predicted octanol–water partition coefficient (Wildman–Crippen LogP) is 1.25. The van der Waals surface area contributed by atoms with Crippen LogP contribution in [0.4, 0.5) is 5.69 Å². The fourth-order valence-electron chi connectivity index (χ4n) is 1.76. The fourth-order valence-corrected chi connectivity index (χ4v) is 2.75. The maximum absolute atomic E-state index is 11.9. The van der Waals surface area contributed by atoms with Crippen LogP contribution in [0, 0.1) is 0 Å². The smallest absolute Gasteiger partial charge is 0.216 e. The van der Waals surface area contributed by atoms with Gasteiger partial charge < -0.3 is 9.64 Å². The Balaban J connectivity index is 2.48. The molecule has 1 unspecified atom stereocenters. The standard InChI is InChI=1S/C14H24N2O3S/c1-12(11-19-4)20(17,18)15-10-9-13-5-7-14(8-6-13)16(2)3/h5-8,12,15H,9-11H2,1-4H3. The quantitative estimate of drug-likeness (QED) is 0.785. The fraction of sp³-hybridized carbons (Fsp3) is 0.571. The highest BCUT2D eigenvalue weighted by Gasteiger charge is 2.19. The van der Waals surface area contributed by atoms with Crippen molar-refractivity contribution in [2.75, 3.05) is 39.3 Å². The van der Waals surface area contributed by atoms with Crippen LogP contribution in [-0.4, -0.2) is 48.0 Å². The molecule has 0 saturated heterocycles. The molecule has 0 saturated carbocycles. The number of nitrogens with zero attached hydrogens (tertiary/aromatic N) is 1. The second-order valence-corrected chi connectivity index (χ2v) is 7.20. The monoisotopic (exact) mass is 300 g/mol. The Morgan fingerprint density at radius 1 is 1.25 bits per heavy atom. The highest BCUT2D eigenvalue weighted by molar-refractivity contribution is 7.90. The molecular weight excluding hydrogens is 276 g/mol. The topological polar surface area (TPSA) is 58.6 Å². The molecule has 1 aromatic carbocycles. The van der Waals surface area contributed by atoms with E-state index in [-0.39, 0.29) is 6.61 Å². The van der Waals surface area contributed by atoms with Crippen LogP contribution in [0.5, 0.6) is 0 Å². The Kier molecular flexibility index (Phi) is 6.45. The summed E-state index contributed by atoms with van der Waals surface area (Å²) in [5, 5.41) is -0.538. The summed E-state index contributed by atoms with van der Waals surface area (Å²) in [4.78, 5) is 2.03. The first-order valence-electron chi connectivity index (χ1n) is 6.60. The highest BCUT2D eigenvalue weighted by Crippen LogP contribution is 2.12. The lowest BCUT2D eigenvalue weighted by molar-refractivity contribution is 0.200. The first-order chi connectivity index (χ1) is 9.36. The van der Waals surface area contributed by atoms with Gasteiger partial charge in [-0.05, 0) is 31.0 Å². The van der Waals surface area contributed by atoms with E-state index in [0.717, 1.165) is 11.3 Å². The lowest BCUT2D eigenvalue weighted by Gasteiger charge is -2.14. The summed E-state index contributed by atoms with van der Waals surface area (Å²) in [5.41, 5.74) is 2.24. The van der Waals surface area contributed by atoms with E-state index in [0.29, 0.717) is 13.0 Å². The first kappa shape index (κ1) is 16.9. The molecule has 0 amide bonds. The van der Waals surface area contributed by atoms with Crippen LogP contribution in [-0.2, 0) is 21.2 Å². The maximum atomic E-state index is 11.9. The van der Waals surface area contributed by atoms with Gasteiger partial charge in [-0.25, -0.2) is 13.1 Å². The molecule has 1 N–H and O–H groups in total. The van der Waals surface area contributed by atoms with Crippen molar-refractivity contribution in [3.63, 3.8) is 0 Å². The maximum Gasteiger partial charge on any atom is 0.216 e. The van der Waals surface area contributed by atoms with Gasteiger partial charge >= 0.3 is 0 Å². The molecule has 0 heterocycles. The van der Waals surface area contributed by atoms with Crippen molar-refractivity contribution >= 4 is 15.7 Å². The van der Waals surface area contributed by atoms with E-state index in [9.17, 15) is 8.42 Å². The van der Waals surface area contributed by atoms with Crippen molar-refractivity contribution in [2.45, 2.75) is 18.6 Å².